The third-order valence-electron chi connectivity index (χ3n) is 3.56. The number of carbonyl (C=O) groups excluding carboxylic acids is 1. The number of nitrogens with zero attached hydrogens (tertiary/aromatic N) is 2. The second-order valence-corrected chi connectivity index (χ2v) is 5.11. The van der Waals surface area contributed by atoms with E-state index in [0.717, 1.165) is 31.5 Å². The van der Waals surface area contributed by atoms with Crippen molar-refractivity contribution in [3.05, 3.63) is 17.8 Å². The molecule has 2 fully saturated rings. The van der Waals surface area contributed by atoms with Crippen LogP contribution in [-0.2, 0) is 4.79 Å². The van der Waals surface area contributed by atoms with Crippen molar-refractivity contribution in [1.29, 1.82) is 0 Å². The van der Waals surface area contributed by atoms with Gasteiger partial charge >= 0.3 is 0 Å². The van der Waals surface area contributed by atoms with Crippen LogP contribution in [0.15, 0.2) is 12.1 Å². The number of rotatable bonds is 3. The van der Waals surface area contributed by atoms with Gasteiger partial charge in [-0.1, -0.05) is 6.42 Å². The molecule has 5 nitrogen and oxygen atoms in total. The number of carbonyl (C=O) groups is 1. The molecule has 1 amide bonds. The smallest absolute Gasteiger partial charge is 0.242 e. The standard InChI is InChI=1S/C13H18N4O.ClH/c18-13(11-3-1-2-8-14-11)15-12-7-6-10(16-17-12)9-4-5-9;/h6-7,9,11,14H,1-5,8H2,(H,15,17,18);1H/t11-;/m1./s1. The van der Waals surface area contributed by atoms with E-state index >= 15 is 0 Å². The fraction of sp³-hybridized carbons (Fsp3) is 0.615. The van der Waals surface area contributed by atoms with Crippen molar-refractivity contribution in [2.24, 2.45) is 0 Å². The minimum Gasteiger partial charge on any atom is -0.308 e. The van der Waals surface area contributed by atoms with Crippen LogP contribution in [0.1, 0.15) is 43.7 Å². The van der Waals surface area contributed by atoms with Crippen LogP contribution in [0.4, 0.5) is 5.82 Å². The highest BCUT2D eigenvalue weighted by atomic mass is 35.5. The van der Waals surface area contributed by atoms with Crippen molar-refractivity contribution in [1.82, 2.24) is 15.5 Å². The number of aromatic nitrogens is 2. The van der Waals surface area contributed by atoms with Gasteiger partial charge in [-0.15, -0.1) is 17.5 Å². The molecule has 1 saturated carbocycles. The van der Waals surface area contributed by atoms with E-state index in [9.17, 15) is 4.79 Å². The first-order valence-electron chi connectivity index (χ1n) is 6.71. The number of nitrogens with one attached hydrogen (secondary N) is 2. The fourth-order valence-corrected chi connectivity index (χ4v) is 2.30. The first-order chi connectivity index (χ1) is 8.83. The van der Waals surface area contributed by atoms with Gasteiger partial charge in [0.25, 0.3) is 0 Å². The normalized spacial score (nSPS) is 22.4. The Morgan fingerprint density at radius 3 is 2.63 bits per heavy atom. The maximum Gasteiger partial charge on any atom is 0.242 e. The Labute approximate surface area is 119 Å². The summed E-state index contributed by atoms with van der Waals surface area (Å²) >= 11 is 0. The van der Waals surface area contributed by atoms with Gasteiger partial charge in [0.05, 0.1) is 11.7 Å². The van der Waals surface area contributed by atoms with Crippen molar-refractivity contribution in [3.8, 4) is 0 Å². The molecule has 1 aromatic heterocycles. The van der Waals surface area contributed by atoms with Gasteiger partial charge in [0.1, 0.15) is 0 Å². The number of anilines is 1. The van der Waals surface area contributed by atoms with Crippen molar-refractivity contribution < 1.29 is 4.79 Å². The van der Waals surface area contributed by atoms with Crippen LogP contribution < -0.4 is 10.6 Å². The van der Waals surface area contributed by atoms with Gasteiger partial charge in [-0.25, -0.2) is 0 Å². The third kappa shape index (κ3) is 3.64. The average molecular weight is 283 g/mol. The van der Waals surface area contributed by atoms with Gasteiger partial charge in [-0.05, 0) is 44.4 Å². The summed E-state index contributed by atoms with van der Waals surface area (Å²) in [4.78, 5) is 12.0. The van der Waals surface area contributed by atoms with Gasteiger partial charge in [-0.2, -0.15) is 5.10 Å². The Kier molecular flexibility index (Phi) is 4.71. The Morgan fingerprint density at radius 2 is 2.05 bits per heavy atom. The quantitative estimate of drug-likeness (QED) is 0.888. The Hall–Kier alpha value is -1.20. The zero-order valence-electron chi connectivity index (χ0n) is 10.8. The summed E-state index contributed by atoms with van der Waals surface area (Å²) in [6.45, 7) is 0.921. The Bertz CT molecular complexity index is 427. The summed E-state index contributed by atoms with van der Waals surface area (Å²) in [5, 5.41) is 14.3. The van der Waals surface area contributed by atoms with Gasteiger partial charge in [0.15, 0.2) is 5.82 Å². The van der Waals surface area contributed by atoms with Crippen LogP contribution in [-0.4, -0.2) is 28.7 Å². The number of hydrogen-bond acceptors (Lipinski definition) is 4. The van der Waals surface area contributed by atoms with Crippen molar-refractivity contribution in [3.63, 3.8) is 0 Å². The summed E-state index contributed by atoms with van der Waals surface area (Å²) < 4.78 is 0. The average Bonchev–Trinajstić information content (AvgIpc) is 3.25. The molecule has 1 atom stereocenters. The van der Waals surface area contributed by atoms with E-state index < -0.39 is 0 Å². The lowest BCUT2D eigenvalue weighted by atomic mass is 10.0. The zero-order chi connectivity index (χ0) is 12.4. The maximum absolute atomic E-state index is 12.0. The van der Waals surface area contributed by atoms with Crippen LogP contribution >= 0.6 is 12.4 Å². The van der Waals surface area contributed by atoms with Crippen molar-refractivity contribution >= 4 is 24.1 Å². The summed E-state index contributed by atoms with van der Waals surface area (Å²) in [6, 6.07) is 3.74. The molecule has 104 valence electrons. The lowest BCUT2D eigenvalue weighted by Crippen LogP contribution is -2.43. The molecule has 1 aliphatic carbocycles. The van der Waals surface area contributed by atoms with Gasteiger partial charge < -0.3 is 10.6 Å². The predicted molar refractivity (Wildman–Crippen MR) is 75.5 cm³/mol. The molecule has 0 radical (unpaired) electrons. The topological polar surface area (TPSA) is 66.9 Å². The molecule has 0 aromatic carbocycles. The SMILES string of the molecule is Cl.O=C(Nc1ccc(C2CC2)nn1)[C@H]1CCCCN1. The minimum atomic E-state index is -0.0799. The first kappa shape index (κ1) is 14.2. The molecule has 1 aromatic rings. The molecular formula is C13H19ClN4O. The van der Waals surface area contributed by atoms with Crippen LogP contribution in [0.5, 0.6) is 0 Å². The molecule has 0 spiro atoms. The number of hydrogen-bond donors (Lipinski definition) is 2. The van der Waals surface area contributed by atoms with E-state index in [0.29, 0.717) is 11.7 Å². The number of halogens is 1. The van der Waals surface area contributed by atoms with Crippen molar-refractivity contribution in [2.75, 3.05) is 11.9 Å². The number of piperidine rings is 1. The van der Waals surface area contributed by atoms with Crippen LogP contribution in [0, 0.1) is 0 Å². The third-order valence-corrected chi connectivity index (χ3v) is 3.56. The highest BCUT2D eigenvalue weighted by Crippen LogP contribution is 2.38. The molecule has 2 aliphatic rings. The summed E-state index contributed by atoms with van der Waals surface area (Å²) in [5.41, 5.74) is 1.05. The van der Waals surface area contributed by atoms with E-state index in [2.05, 4.69) is 20.8 Å². The maximum atomic E-state index is 12.0. The second kappa shape index (κ2) is 6.30. The van der Waals surface area contributed by atoms with Gasteiger partial charge in [-0.3, -0.25) is 4.79 Å². The molecule has 6 heteroatoms. The van der Waals surface area contributed by atoms with E-state index in [1.165, 1.54) is 12.8 Å². The van der Waals surface area contributed by atoms with Crippen LogP contribution in [0.2, 0.25) is 0 Å². The molecule has 0 bridgehead atoms. The van der Waals surface area contributed by atoms with E-state index in [1.54, 1.807) is 0 Å². The van der Waals surface area contributed by atoms with E-state index in [1.807, 2.05) is 12.1 Å². The zero-order valence-corrected chi connectivity index (χ0v) is 11.6. The Morgan fingerprint density at radius 1 is 1.21 bits per heavy atom. The van der Waals surface area contributed by atoms with Crippen LogP contribution in [0.25, 0.3) is 0 Å². The lowest BCUT2D eigenvalue weighted by Gasteiger charge is -2.22. The molecule has 3 rings (SSSR count). The van der Waals surface area contributed by atoms with E-state index in [-0.39, 0.29) is 24.4 Å². The largest absolute Gasteiger partial charge is 0.308 e. The highest BCUT2D eigenvalue weighted by Gasteiger charge is 2.25. The number of amides is 1. The molecule has 2 N–H and O–H groups in total. The molecule has 1 aliphatic heterocycles. The minimum absolute atomic E-state index is 0. The lowest BCUT2D eigenvalue weighted by molar-refractivity contribution is -0.118. The fourth-order valence-electron chi connectivity index (χ4n) is 2.30. The Balaban J connectivity index is 0.00000133. The summed E-state index contributed by atoms with van der Waals surface area (Å²) in [6.07, 6.45) is 5.59. The summed E-state index contributed by atoms with van der Waals surface area (Å²) in [7, 11) is 0. The monoisotopic (exact) mass is 282 g/mol. The summed E-state index contributed by atoms with van der Waals surface area (Å²) in [5.74, 6) is 1.15. The van der Waals surface area contributed by atoms with Crippen LogP contribution in [0.3, 0.4) is 0 Å². The van der Waals surface area contributed by atoms with Gasteiger partial charge in [0, 0.05) is 5.92 Å². The molecule has 0 unspecified atom stereocenters. The predicted octanol–water partition coefficient (Wildman–Crippen LogP) is 1.86. The molecular weight excluding hydrogens is 264 g/mol. The van der Waals surface area contributed by atoms with E-state index in [4.69, 9.17) is 0 Å². The molecule has 19 heavy (non-hydrogen) atoms. The molecule has 2 heterocycles. The van der Waals surface area contributed by atoms with Gasteiger partial charge in [0.2, 0.25) is 5.91 Å². The highest BCUT2D eigenvalue weighted by molar-refractivity contribution is 5.94. The molecule has 1 saturated heterocycles. The second-order valence-electron chi connectivity index (χ2n) is 5.11. The van der Waals surface area contributed by atoms with Crippen molar-refractivity contribution in [2.45, 2.75) is 44.1 Å². The first-order valence-corrected chi connectivity index (χ1v) is 6.71.